The predicted molar refractivity (Wildman–Crippen MR) is 70.9 cm³/mol. The van der Waals surface area contributed by atoms with Gasteiger partial charge in [0.2, 0.25) is 0 Å². The molecule has 0 aliphatic rings. The van der Waals surface area contributed by atoms with E-state index in [0.29, 0.717) is 5.56 Å². The number of rotatable bonds is 4. The van der Waals surface area contributed by atoms with Crippen LogP contribution in [0.2, 0.25) is 0 Å². The molecule has 1 atom stereocenters. The van der Waals surface area contributed by atoms with E-state index in [1.54, 1.807) is 12.4 Å². The van der Waals surface area contributed by atoms with Crippen LogP contribution in [0.15, 0.2) is 42.7 Å². The predicted octanol–water partition coefficient (Wildman–Crippen LogP) is 4.09. The van der Waals surface area contributed by atoms with Crippen LogP contribution in [-0.4, -0.2) is 4.98 Å². The summed E-state index contributed by atoms with van der Waals surface area (Å²) in [4.78, 5) is 3.90. The lowest BCUT2D eigenvalue weighted by atomic mass is 10.1. The van der Waals surface area contributed by atoms with E-state index in [1.165, 1.54) is 6.07 Å². The third-order valence-corrected chi connectivity index (χ3v) is 3.15. The van der Waals surface area contributed by atoms with Gasteiger partial charge in [-0.05, 0) is 42.3 Å². The lowest BCUT2D eigenvalue weighted by Gasteiger charge is -2.15. The maximum absolute atomic E-state index is 13.2. The molecular formula is C15H14F4N2. The fourth-order valence-electron chi connectivity index (χ4n) is 1.94. The van der Waals surface area contributed by atoms with Crippen LogP contribution in [-0.2, 0) is 12.7 Å². The van der Waals surface area contributed by atoms with E-state index in [1.807, 2.05) is 19.1 Å². The molecule has 0 radical (unpaired) electrons. The summed E-state index contributed by atoms with van der Waals surface area (Å²) < 4.78 is 51.1. The number of aromatic nitrogens is 1. The molecule has 0 aliphatic heterocycles. The third kappa shape index (κ3) is 4.01. The Morgan fingerprint density at radius 1 is 1.14 bits per heavy atom. The Morgan fingerprint density at radius 2 is 1.81 bits per heavy atom. The lowest BCUT2D eigenvalue weighted by Crippen LogP contribution is -2.19. The van der Waals surface area contributed by atoms with Crippen LogP contribution in [0.3, 0.4) is 0 Å². The Labute approximate surface area is 119 Å². The van der Waals surface area contributed by atoms with E-state index in [4.69, 9.17) is 0 Å². The van der Waals surface area contributed by atoms with Crippen molar-refractivity contribution in [2.45, 2.75) is 25.7 Å². The summed E-state index contributed by atoms with van der Waals surface area (Å²) in [5.41, 5.74) is 0.117. The van der Waals surface area contributed by atoms with E-state index < -0.39 is 17.6 Å². The van der Waals surface area contributed by atoms with E-state index in [-0.39, 0.29) is 12.6 Å². The highest BCUT2D eigenvalue weighted by molar-refractivity contribution is 5.27. The Hall–Kier alpha value is -1.95. The van der Waals surface area contributed by atoms with Gasteiger partial charge in [-0.25, -0.2) is 4.39 Å². The summed E-state index contributed by atoms with van der Waals surface area (Å²) in [6, 6.07) is 6.62. The van der Waals surface area contributed by atoms with Crippen LogP contribution >= 0.6 is 0 Å². The number of hydrogen-bond acceptors (Lipinski definition) is 2. The van der Waals surface area contributed by atoms with Crippen molar-refractivity contribution in [3.63, 3.8) is 0 Å². The van der Waals surface area contributed by atoms with Crippen LogP contribution in [0.5, 0.6) is 0 Å². The molecule has 2 nitrogen and oxygen atoms in total. The minimum atomic E-state index is -4.68. The molecule has 0 spiro atoms. The number of halogens is 4. The summed E-state index contributed by atoms with van der Waals surface area (Å²) in [6.45, 7) is 2.11. The van der Waals surface area contributed by atoms with Gasteiger partial charge >= 0.3 is 6.18 Å². The minimum Gasteiger partial charge on any atom is -0.306 e. The van der Waals surface area contributed by atoms with E-state index in [2.05, 4.69) is 10.3 Å². The fraction of sp³-hybridized carbons (Fsp3) is 0.267. The molecule has 1 aromatic carbocycles. The molecule has 2 aromatic rings. The summed E-state index contributed by atoms with van der Waals surface area (Å²) in [6.07, 6.45) is -1.39. The Bertz CT molecular complexity index is 596. The molecular weight excluding hydrogens is 284 g/mol. The molecule has 0 saturated carbocycles. The first-order valence-electron chi connectivity index (χ1n) is 6.37. The number of pyridine rings is 1. The quantitative estimate of drug-likeness (QED) is 0.860. The van der Waals surface area contributed by atoms with Gasteiger partial charge < -0.3 is 5.32 Å². The molecule has 1 heterocycles. The maximum atomic E-state index is 13.2. The monoisotopic (exact) mass is 298 g/mol. The van der Waals surface area contributed by atoms with Crippen molar-refractivity contribution in [2.24, 2.45) is 0 Å². The van der Waals surface area contributed by atoms with Crippen molar-refractivity contribution in [1.29, 1.82) is 0 Å². The van der Waals surface area contributed by atoms with Gasteiger partial charge in [0.15, 0.2) is 0 Å². The van der Waals surface area contributed by atoms with Crippen molar-refractivity contribution < 1.29 is 17.6 Å². The van der Waals surface area contributed by atoms with Crippen LogP contribution in [0, 0.1) is 5.82 Å². The molecule has 0 fully saturated rings. The van der Waals surface area contributed by atoms with Gasteiger partial charge in [-0.15, -0.1) is 0 Å². The first-order chi connectivity index (χ1) is 9.88. The number of hydrogen-bond donors (Lipinski definition) is 1. The van der Waals surface area contributed by atoms with Crippen LogP contribution < -0.4 is 5.32 Å². The number of alkyl halides is 3. The average molecular weight is 298 g/mol. The molecule has 112 valence electrons. The Balaban J connectivity index is 2.07. The second-order valence-electron chi connectivity index (χ2n) is 4.70. The van der Waals surface area contributed by atoms with Crippen molar-refractivity contribution >= 4 is 0 Å². The van der Waals surface area contributed by atoms with E-state index >= 15 is 0 Å². The van der Waals surface area contributed by atoms with E-state index in [9.17, 15) is 17.6 Å². The van der Waals surface area contributed by atoms with Crippen molar-refractivity contribution in [1.82, 2.24) is 10.3 Å². The second kappa shape index (κ2) is 6.22. The van der Waals surface area contributed by atoms with Gasteiger partial charge in [0.25, 0.3) is 0 Å². The summed E-state index contributed by atoms with van der Waals surface area (Å²) in [7, 11) is 0. The molecule has 0 aliphatic carbocycles. The van der Waals surface area contributed by atoms with Gasteiger partial charge in [-0.3, -0.25) is 4.98 Å². The van der Waals surface area contributed by atoms with Crippen molar-refractivity contribution in [3.05, 3.63) is 65.2 Å². The lowest BCUT2D eigenvalue weighted by molar-refractivity contribution is -0.140. The molecule has 21 heavy (non-hydrogen) atoms. The summed E-state index contributed by atoms with van der Waals surface area (Å²) in [5, 5.41) is 3.10. The normalized spacial score (nSPS) is 13.2. The molecule has 0 bridgehead atoms. The third-order valence-electron chi connectivity index (χ3n) is 3.15. The topological polar surface area (TPSA) is 24.9 Å². The first kappa shape index (κ1) is 15.4. The highest BCUT2D eigenvalue weighted by Gasteiger charge is 2.34. The summed E-state index contributed by atoms with van der Waals surface area (Å²) >= 11 is 0. The molecule has 6 heteroatoms. The molecule has 2 rings (SSSR count). The molecule has 0 saturated heterocycles. The first-order valence-corrected chi connectivity index (χ1v) is 6.37. The second-order valence-corrected chi connectivity index (χ2v) is 4.70. The zero-order valence-electron chi connectivity index (χ0n) is 11.3. The smallest absolute Gasteiger partial charge is 0.306 e. The van der Waals surface area contributed by atoms with Crippen molar-refractivity contribution in [2.75, 3.05) is 0 Å². The number of nitrogens with one attached hydrogen (secondary N) is 1. The summed E-state index contributed by atoms with van der Waals surface area (Å²) in [5.74, 6) is -1.26. The molecule has 1 N–H and O–H groups in total. The molecule has 0 amide bonds. The average Bonchev–Trinajstić information content (AvgIpc) is 2.45. The Morgan fingerprint density at radius 3 is 2.43 bits per heavy atom. The van der Waals surface area contributed by atoms with Crippen LogP contribution in [0.25, 0.3) is 0 Å². The van der Waals surface area contributed by atoms with Crippen molar-refractivity contribution in [3.8, 4) is 0 Å². The SMILES string of the molecule is C[C@H](NCc1ccc(F)c(C(F)(F)F)c1)c1ccncc1. The maximum Gasteiger partial charge on any atom is 0.419 e. The van der Waals surface area contributed by atoms with Crippen LogP contribution in [0.4, 0.5) is 17.6 Å². The van der Waals surface area contributed by atoms with Crippen LogP contribution in [0.1, 0.15) is 29.7 Å². The highest BCUT2D eigenvalue weighted by Crippen LogP contribution is 2.31. The number of nitrogens with zero attached hydrogens (tertiary/aromatic N) is 1. The van der Waals surface area contributed by atoms with Gasteiger partial charge in [-0.2, -0.15) is 13.2 Å². The largest absolute Gasteiger partial charge is 0.419 e. The Kier molecular flexibility index (Phi) is 4.57. The standard InChI is InChI=1S/C15H14F4N2/c1-10(12-4-6-20-7-5-12)21-9-11-2-3-14(16)13(8-11)15(17,18)19/h2-8,10,21H,9H2,1H3/t10-/m0/s1. The number of benzene rings is 1. The van der Waals surface area contributed by atoms with Gasteiger partial charge in [0, 0.05) is 25.0 Å². The zero-order valence-corrected chi connectivity index (χ0v) is 11.3. The van der Waals surface area contributed by atoms with Gasteiger partial charge in [-0.1, -0.05) is 6.07 Å². The van der Waals surface area contributed by atoms with Gasteiger partial charge in [0.05, 0.1) is 5.56 Å². The van der Waals surface area contributed by atoms with E-state index in [0.717, 1.165) is 17.7 Å². The fourth-order valence-corrected chi connectivity index (χ4v) is 1.94. The minimum absolute atomic E-state index is 0.0487. The molecule has 1 aromatic heterocycles. The van der Waals surface area contributed by atoms with Gasteiger partial charge in [0.1, 0.15) is 5.82 Å². The zero-order chi connectivity index (χ0) is 15.5. The molecule has 0 unspecified atom stereocenters. The highest BCUT2D eigenvalue weighted by atomic mass is 19.4.